The zero-order valence-corrected chi connectivity index (χ0v) is 19.0. The smallest absolute Gasteiger partial charge is 0.193 e. The number of guanidine groups is 1. The number of rotatable bonds is 9. The second-order valence-electron chi connectivity index (χ2n) is 8.45. The van der Waals surface area contributed by atoms with E-state index in [1.807, 2.05) is 6.07 Å². The Morgan fingerprint density at radius 1 is 1.17 bits per heavy atom. The van der Waals surface area contributed by atoms with Crippen molar-refractivity contribution in [3.8, 4) is 11.5 Å². The molecule has 0 aromatic heterocycles. The number of ether oxygens (including phenoxy) is 3. The van der Waals surface area contributed by atoms with E-state index < -0.39 is 0 Å². The molecule has 0 spiro atoms. The van der Waals surface area contributed by atoms with Crippen LogP contribution in [0.5, 0.6) is 11.5 Å². The lowest BCUT2D eigenvalue weighted by Crippen LogP contribution is -2.40. The quantitative estimate of drug-likeness (QED) is 0.481. The standard InChI is InChI=1S/C24H39N3O3/c1-4-25-24(27(2)14-11-19-12-15-29-16-13-19)26-18-20-9-10-22(23(17-20)28-3)30-21-7-5-6-8-21/h9-10,17,19,21H,4-8,11-16,18H2,1-3H3,(H,25,26). The Hall–Kier alpha value is -1.95. The highest BCUT2D eigenvalue weighted by atomic mass is 16.5. The first kappa shape index (κ1) is 22.7. The van der Waals surface area contributed by atoms with Crippen LogP contribution in [0.3, 0.4) is 0 Å². The zero-order valence-electron chi connectivity index (χ0n) is 19.0. The topological polar surface area (TPSA) is 55.3 Å². The Morgan fingerprint density at radius 3 is 2.63 bits per heavy atom. The van der Waals surface area contributed by atoms with E-state index in [0.29, 0.717) is 12.6 Å². The fraction of sp³-hybridized carbons (Fsp3) is 0.708. The van der Waals surface area contributed by atoms with Gasteiger partial charge >= 0.3 is 0 Å². The molecular weight excluding hydrogens is 378 g/mol. The average Bonchev–Trinajstić information content (AvgIpc) is 3.29. The predicted molar refractivity (Wildman–Crippen MR) is 121 cm³/mol. The molecule has 1 saturated carbocycles. The first-order valence-electron chi connectivity index (χ1n) is 11.6. The van der Waals surface area contributed by atoms with E-state index in [0.717, 1.165) is 68.1 Å². The lowest BCUT2D eigenvalue weighted by atomic mass is 9.96. The van der Waals surface area contributed by atoms with Gasteiger partial charge in [-0.1, -0.05) is 6.07 Å². The molecule has 1 N–H and O–H groups in total. The van der Waals surface area contributed by atoms with E-state index in [1.54, 1.807) is 7.11 Å². The van der Waals surface area contributed by atoms with Crippen molar-refractivity contribution in [1.82, 2.24) is 10.2 Å². The van der Waals surface area contributed by atoms with Gasteiger partial charge in [-0.15, -0.1) is 0 Å². The van der Waals surface area contributed by atoms with Crippen molar-refractivity contribution in [2.45, 2.75) is 64.5 Å². The van der Waals surface area contributed by atoms with Gasteiger partial charge in [-0.25, -0.2) is 4.99 Å². The molecule has 1 aromatic carbocycles. The third-order valence-electron chi connectivity index (χ3n) is 6.15. The molecule has 1 aromatic rings. The highest BCUT2D eigenvalue weighted by Crippen LogP contribution is 2.32. The monoisotopic (exact) mass is 417 g/mol. The first-order chi connectivity index (χ1) is 14.7. The number of hydrogen-bond acceptors (Lipinski definition) is 4. The van der Waals surface area contributed by atoms with Crippen LogP contribution in [0, 0.1) is 5.92 Å². The highest BCUT2D eigenvalue weighted by Gasteiger charge is 2.19. The highest BCUT2D eigenvalue weighted by molar-refractivity contribution is 5.79. The molecule has 0 radical (unpaired) electrons. The number of nitrogens with one attached hydrogen (secondary N) is 1. The van der Waals surface area contributed by atoms with Crippen molar-refractivity contribution < 1.29 is 14.2 Å². The van der Waals surface area contributed by atoms with Crippen molar-refractivity contribution in [1.29, 1.82) is 0 Å². The summed E-state index contributed by atoms with van der Waals surface area (Å²) in [4.78, 5) is 7.11. The molecule has 1 saturated heterocycles. The Balaban J connectivity index is 1.58. The molecule has 0 amide bonds. The normalized spacial score (nSPS) is 18.4. The maximum Gasteiger partial charge on any atom is 0.193 e. The minimum atomic E-state index is 0.326. The lowest BCUT2D eigenvalue weighted by Gasteiger charge is -2.27. The molecule has 1 aliphatic heterocycles. The number of nitrogens with zero attached hydrogens (tertiary/aromatic N) is 2. The molecule has 0 atom stereocenters. The van der Waals surface area contributed by atoms with E-state index in [9.17, 15) is 0 Å². The minimum Gasteiger partial charge on any atom is -0.493 e. The van der Waals surface area contributed by atoms with Gasteiger partial charge in [0.15, 0.2) is 17.5 Å². The molecule has 2 fully saturated rings. The SMILES string of the molecule is CCNC(=NCc1ccc(OC2CCCC2)c(OC)c1)N(C)CCC1CCOCC1. The van der Waals surface area contributed by atoms with Gasteiger partial charge in [0, 0.05) is 33.4 Å². The van der Waals surface area contributed by atoms with E-state index in [4.69, 9.17) is 19.2 Å². The molecule has 3 rings (SSSR count). The van der Waals surface area contributed by atoms with Crippen molar-refractivity contribution >= 4 is 5.96 Å². The largest absolute Gasteiger partial charge is 0.493 e. The summed E-state index contributed by atoms with van der Waals surface area (Å²) in [6, 6.07) is 6.19. The van der Waals surface area contributed by atoms with Crippen LogP contribution in [-0.2, 0) is 11.3 Å². The van der Waals surface area contributed by atoms with Crippen LogP contribution in [0.15, 0.2) is 23.2 Å². The Kier molecular flexibility index (Phi) is 9.12. The van der Waals surface area contributed by atoms with Crippen LogP contribution >= 0.6 is 0 Å². The maximum atomic E-state index is 6.15. The number of aliphatic imine (C=N–C) groups is 1. The van der Waals surface area contributed by atoms with E-state index in [1.165, 1.54) is 32.1 Å². The zero-order chi connectivity index (χ0) is 21.2. The number of hydrogen-bond donors (Lipinski definition) is 1. The van der Waals surface area contributed by atoms with Gasteiger partial charge < -0.3 is 24.4 Å². The molecule has 1 aliphatic carbocycles. The van der Waals surface area contributed by atoms with Gasteiger partial charge in [0.25, 0.3) is 0 Å². The maximum absolute atomic E-state index is 6.15. The second-order valence-corrected chi connectivity index (χ2v) is 8.45. The van der Waals surface area contributed by atoms with E-state index >= 15 is 0 Å². The Morgan fingerprint density at radius 2 is 1.93 bits per heavy atom. The third-order valence-corrected chi connectivity index (χ3v) is 6.15. The van der Waals surface area contributed by atoms with Crippen LogP contribution < -0.4 is 14.8 Å². The molecule has 6 heteroatoms. The lowest BCUT2D eigenvalue weighted by molar-refractivity contribution is 0.0625. The van der Waals surface area contributed by atoms with Crippen LogP contribution in [-0.4, -0.2) is 57.4 Å². The molecule has 1 heterocycles. The molecule has 0 bridgehead atoms. The molecule has 168 valence electrons. The van der Waals surface area contributed by atoms with Crippen molar-refractivity contribution in [2.24, 2.45) is 10.9 Å². The van der Waals surface area contributed by atoms with Crippen LogP contribution in [0.4, 0.5) is 0 Å². The molecular formula is C24H39N3O3. The van der Waals surface area contributed by atoms with Gasteiger partial charge in [0.05, 0.1) is 19.8 Å². The summed E-state index contributed by atoms with van der Waals surface area (Å²) < 4.78 is 17.2. The van der Waals surface area contributed by atoms with Crippen molar-refractivity contribution in [3.63, 3.8) is 0 Å². The molecule has 30 heavy (non-hydrogen) atoms. The van der Waals surface area contributed by atoms with Crippen LogP contribution in [0.2, 0.25) is 0 Å². The second kappa shape index (κ2) is 12.0. The summed E-state index contributed by atoms with van der Waals surface area (Å²) >= 11 is 0. The summed E-state index contributed by atoms with van der Waals surface area (Å²) in [6.07, 6.45) is 8.67. The predicted octanol–water partition coefficient (Wildman–Crippen LogP) is 4.23. The van der Waals surface area contributed by atoms with Gasteiger partial charge in [-0.2, -0.15) is 0 Å². The average molecular weight is 418 g/mol. The van der Waals surface area contributed by atoms with Crippen LogP contribution in [0.25, 0.3) is 0 Å². The number of benzene rings is 1. The Bertz CT molecular complexity index is 668. The molecule has 0 unspecified atom stereocenters. The fourth-order valence-electron chi connectivity index (χ4n) is 4.25. The first-order valence-corrected chi connectivity index (χ1v) is 11.6. The number of methoxy groups -OCH3 is 1. The van der Waals surface area contributed by atoms with Gasteiger partial charge in [-0.05, 0) is 75.5 Å². The molecule has 2 aliphatic rings. The third kappa shape index (κ3) is 6.79. The summed E-state index contributed by atoms with van der Waals surface area (Å²) in [7, 11) is 3.83. The molecule has 6 nitrogen and oxygen atoms in total. The summed E-state index contributed by atoms with van der Waals surface area (Å²) in [5.74, 6) is 3.36. The van der Waals surface area contributed by atoms with Crippen LogP contribution in [0.1, 0.15) is 57.4 Å². The summed E-state index contributed by atoms with van der Waals surface area (Å²) in [5.41, 5.74) is 1.12. The van der Waals surface area contributed by atoms with Gasteiger partial charge in [0.2, 0.25) is 0 Å². The van der Waals surface area contributed by atoms with E-state index in [-0.39, 0.29) is 0 Å². The van der Waals surface area contributed by atoms with Crippen molar-refractivity contribution in [3.05, 3.63) is 23.8 Å². The summed E-state index contributed by atoms with van der Waals surface area (Å²) in [6.45, 7) is 6.41. The van der Waals surface area contributed by atoms with Gasteiger partial charge in [0.1, 0.15) is 0 Å². The minimum absolute atomic E-state index is 0.326. The van der Waals surface area contributed by atoms with E-state index in [2.05, 4.69) is 36.3 Å². The van der Waals surface area contributed by atoms with Gasteiger partial charge in [-0.3, -0.25) is 0 Å². The van der Waals surface area contributed by atoms with Crippen molar-refractivity contribution in [2.75, 3.05) is 40.5 Å². The fourth-order valence-corrected chi connectivity index (χ4v) is 4.25. The Labute approximate surface area is 182 Å². The summed E-state index contributed by atoms with van der Waals surface area (Å²) in [5, 5.41) is 3.42.